The van der Waals surface area contributed by atoms with Crippen molar-refractivity contribution in [2.45, 2.75) is 13.3 Å². The van der Waals surface area contributed by atoms with Gasteiger partial charge in [-0.05, 0) is 40.0 Å². The topological polar surface area (TPSA) is 46.5 Å². The van der Waals surface area contributed by atoms with Gasteiger partial charge in [-0.25, -0.2) is 0 Å². The predicted molar refractivity (Wildman–Crippen MR) is 61.5 cm³/mol. The molecule has 4 heteroatoms. The zero-order valence-electron chi connectivity index (χ0n) is 8.50. The Kier molecular flexibility index (Phi) is 4.78. The van der Waals surface area contributed by atoms with Gasteiger partial charge in [0.05, 0.1) is 16.6 Å². The maximum atomic E-state index is 10.8. The molecule has 0 radical (unpaired) electrons. The molecule has 1 aromatic carbocycles. The Morgan fingerprint density at radius 2 is 2.27 bits per heavy atom. The summed E-state index contributed by atoms with van der Waals surface area (Å²) in [6, 6.07) is 3.71. The average Bonchev–Trinajstić information content (AvgIpc) is 2.26. The standard InChI is InChI=1S/C11H13BrO3/c1-2-8-5-9(7-14)11(10(12)6-8)15-4-3-13/h5-7,13H,2-4H2,1H3. The minimum Gasteiger partial charge on any atom is -0.489 e. The van der Waals surface area contributed by atoms with Crippen LogP contribution >= 0.6 is 15.9 Å². The molecule has 1 aromatic rings. The lowest BCUT2D eigenvalue weighted by molar-refractivity contribution is 0.111. The molecule has 0 fully saturated rings. The summed E-state index contributed by atoms with van der Waals surface area (Å²) in [7, 11) is 0. The highest BCUT2D eigenvalue weighted by atomic mass is 79.9. The van der Waals surface area contributed by atoms with Gasteiger partial charge >= 0.3 is 0 Å². The first-order valence-corrected chi connectivity index (χ1v) is 5.53. The van der Waals surface area contributed by atoms with Crippen LogP contribution in [0.15, 0.2) is 16.6 Å². The van der Waals surface area contributed by atoms with Crippen LogP contribution in [0.4, 0.5) is 0 Å². The lowest BCUT2D eigenvalue weighted by Crippen LogP contribution is -2.04. The van der Waals surface area contributed by atoms with Crippen LogP contribution in [0.2, 0.25) is 0 Å². The van der Waals surface area contributed by atoms with Crippen molar-refractivity contribution in [3.05, 3.63) is 27.7 Å². The van der Waals surface area contributed by atoms with Gasteiger partial charge in [0, 0.05) is 0 Å². The van der Waals surface area contributed by atoms with E-state index in [-0.39, 0.29) is 13.2 Å². The molecule has 0 spiro atoms. The fraction of sp³-hybridized carbons (Fsp3) is 0.364. The number of halogens is 1. The third-order valence-corrected chi connectivity index (χ3v) is 2.59. The second-order valence-electron chi connectivity index (χ2n) is 3.04. The minimum atomic E-state index is -0.0692. The highest BCUT2D eigenvalue weighted by Crippen LogP contribution is 2.30. The van der Waals surface area contributed by atoms with Gasteiger partial charge < -0.3 is 9.84 Å². The van der Waals surface area contributed by atoms with Gasteiger partial charge in [-0.15, -0.1) is 0 Å². The number of aliphatic hydroxyl groups is 1. The molecule has 0 amide bonds. The van der Waals surface area contributed by atoms with Crippen molar-refractivity contribution in [1.29, 1.82) is 0 Å². The van der Waals surface area contributed by atoms with Crippen LogP contribution in [0.3, 0.4) is 0 Å². The van der Waals surface area contributed by atoms with Gasteiger partial charge in [-0.1, -0.05) is 6.92 Å². The number of aldehydes is 1. The molecular weight excluding hydrogens is 260 g/mol. The molecule has 0 aliphatic carbocycles. The quantitative estimate of drug-likeness (QED) is 0.836. The van der Waals surface area contributed by atoms with Gasteiger partial charge in [-0.3, -0.25) is 4.79 Å². The van der Waals surface area contributed by atoms with Gasteiger partial charge in [-0.2, -0.15) is 0 Å². The average molecular weight is 273 g/mol. The van der Waals surface area contributed by atoms with Crippen molar-refractivity contribution in [2.24, 2.45) is 0 Å². The van der Waals surface area contributed by atoms with E-state index >= 15 is 0 Å². The molecule has 0 bridgehead atoms. The van der Waals surface area contributed by atoms with Crippen LogP contribution in [-0.4, -0.2) is 24.6 Å². The Morgan fingerprint density at radius 1 is 1.53 bits per heavy atom. The lowest BCUT2D eigenvalue weighted by atomic mass is 10.1. The molecule has 82 valence electrons. The maximum absolute atomic E-state index is 10.8. The van der Waals surface area contributed by atoms with Gasteiger partial charge in [0.1, 0.15) is 12.4 Å². The third kappa shape index (κ3) is 3.04. The second-order valence-corrected chi connectivity index (χ2v) is 3.89. The molecule has 3 nitrogen and oxygen atoms in total. The molecule has 15 heavy (non-hydrogen) atoms. The molecule has 0 aromatic heterocycles. The maximum Gasteiger partial charge on any atom is 0.153 e. The first-order valence-electron chi connectivity index (χ1n) is 4.74. The smallest absolute Gasteiger partial charge is 0.153 e. The number of hydrogen-bond donors (Lipinski definition) is 1. The third-order valence-electron chi connectivity index (χ3n) is 2.01. The molecule has 0 saturated carbocycles. The monoisotopic (exact) mass is 272 g/mol. The summed E-state index contributed by atoms with van der Waals surface area (Å²) < 4.78 is 6.03. The van der Waals surface area contributed by atoms with Crippen molar-refractivity contribution in [3.63, 3.8) is 0 Å². The highest BCUT2D eigenvalue weighted by Gasteiger charge is 2.09. The zero-order valence-corrected chi connectivity index (χ0v) is 10.1. The summed E-state index contributed by atoms with van der Waals surface area (Å²) in [6.07, 6.45) is 1.62. The van der Waals surface area contributed by atoms with E-state index in [0.717, 1.165) is 22.7 Å². The van der Waals surface area contributed by atoms with E-state index in [1.165, 1.54) is 0 Å². The number of aryl methyl sites for hydroxylation is 1. The fourth-order valence-electron chi connectivity index (χ4n) is 1.26. The van der Waals surface area contributed by atoms with E-state index in [9.17, 15) is 4.79 Å². The summed E-state index contributed by atoms with van der Waals surface area (Å²) in [5.74, 6) is 0.497. The SMILES string of the molecule is CCc1cc(Br)c(OCCO)c(C=O)c1. The van der Waals surface area contributed by atoms with Crippen molar-refractivity contribution in [1.82, 2.24) is 0 Å². The van der Waals surface area contributed by atoms with Gasteiger partial charge in [0.25, 0.3) is 0 Å². The van der Waals surface area contributed by atoms with Crippen LogP contribution in [0, 0.1) is 0 Å². The molecule has 0 unspecified atom stereocenters. The molecule has 0 aliphatic rings. The number of rotatable bonds is 5. The molecular formula is C11H13BrO3. The van der Waals surface area contributed by atoms with E-state index in [2.05, 4.69) is 15.9 Å². The Hall–Kier alpha value is -0.870. The molecule has 1 rings (SSSR count). The number of benzene rings is 1. The first-order chi connectivity index (χ1) is 7.22. The van der Waals surface area contributed by atoms with Crippen molar-refractivity contribution < 1.29 is 14.6 Å². The predicted octanol–water partition coefficient (Wildman–Crippen LogP) is 2.20. The zero-order chi connectivity index (χ0) is 11.3. The largest absolute Gasteiger partial charge is 0.489 e. The van der Waals surface area contributed by atoms with Gasteiger partial charge in [0.15, 0.2) is 6.29 Å². The summed E-state index contributed by atoms with van der Waals surface area (Å²) in [6.45, 7) is 2.13. The Balaban J connectivity index is 3.07. The Morgan fingerprint density at radius 3 is 2.80 bits per heavy atom. The van der Waals surface area contributed by atoms with E-state index in [1.54, 1.807) is 6.07 Å². The van der Waals surface area contributed by atoms with Crippen LogP contribution in [0.25, 0.3) is 0 Å². The summed E-state index contributed by atoms with van der Waals surface area (Å²) in [5, 5.41) is 8.65. The van der Waals surface area contributed by atoms with Crippen molar-refractivity contribution in [3.8, 4) is 5.75 Å². The molecule has 1 N–H and O–H groups in total. The lowest BCUT2D eigenvalue weighted by Gasteiger charge is -2.10. The molecule has 0 heterocycles. The Labute approximate surface area is 97.2 Å². The number of ether oxygens (including phenoxy) is 1. The van der Waals surface area contributed by atoms with Crippen molar-refractivity contribution in [2.75, 3.05) is 13.2 Å². The van der Waals surface area contributed by atoms with Crippen LogP contribution in [-0.2, 0) is 6.42 Å². The number of hydrogen-bond acceptors (Lipinski definition) is 3. The highest BCUT2D eigenvalue weighted by molar-refractivity contribution is 9.10. The normalized spacial score (nSPS) is 10.1. The van der Waals surface area contributed by atoms with Gasteiger partial charge in [0.2, 0.25) is 0 Å². The van der Waals surface area contributed by atoms with Crippen LogP contribution < -0.4 is 4.74 Å². The van der Waals surface area contributed by atoms with E-state index in [1.807, 2.05) is 13.0 Å². The fourth-order valence-corrected chi connectivity index (χ4v) is 1.90. The number of aliphatic hydroxyl groups excluding tert-OH is 1. The first kappa shape index (κ1) is 12.2. The summed E-state index contributed by atoms with van der Waals surface area (Å²) in [4.78, 5) is 10.8. The number of carbonyl (C=O) groups excluding carboxylic acids is 1. The molecule has 0 saturated heterocycles. The summed E-state index contributed by atoms with van der Waals surface area (Å²) >= 11 is 3.34. The summed E-state index contributed by atoms with van der Waals surface area (Å²) in [5.41, 5.74) is 1.58. The molecule has 0 atom stereocenters. The van der Waals surface area contributed by atoms with E-state index in [4.69, 9.17) is 9.84 Å². The van der Waals surface area contributed by atoms with E-state index in [0.29, 0.717) is 11.3 Å². The van der Waals surface area contributed by atoms with E-state index < -0.39 is 0 Å². The minimum absolute atomic E-state index is 0.0692. The van der Waals surface area contributed by atoms with Crippen molar-refractivity contribution >= 4 is 22.2 Å². The van der Waals surface area contributed by atoms with Crippen LogP contribution in [0.1, 0.15) is 22.8 Å². The molecule has 0 aliphatic heterocycles. The van der Waals surface area contributed by atoms with Crippen LogP contribution in [0.5, 0.6) is 5.75 Å². The number of carbonyl (C=O) groups is 1. The second kappa shape index (κ2) is 5.88. The Bertz CT molecular complexity index is 350.